The zero-order valence-electron chi connectivity index (χ0n) is 10.1. The number of nitrogens with zero attached hydrogens (tertiary/aromatic N) is 2. The van der Waals surface area contributed by atoms with Crippen LogP contribution < -0.4 is 0 Å². The Morgan fingerprint density at radius 1 is 1.12 bits per heavy atom. The van der Waals surface area contributed by atoms with Crippen molar-refractivity contribution in [1.29, 1.82) is 5.26 Å². The first-order valence-electron chi connectivity index (χ1n) is 6.92. The molecule has 0 aromatic heterocycles. The largest absolute Gasteiger partial charge is 0.299 e. The molecule has 88 valence electrons. The van der Waals surface area contributed by atoms with Crippen LogP contribution >= 0.6 is 0 Å². The molecule has 0 N–H and O–H groups in total. The summed E-state index contributed by atoms with van der Waals surface area (Å²) in [6.07, 6.45) is 10.5. The first-order chi connectivity index (χ1) is 7.81. The summed E-state index contributed by atoms with van der Waals surface area (Å²) in [5, 5.41) is 8.70. The number of likely N-dealkylation sites (tertiary alicyclic amines) is 1. The highest BCUT2D eigenvalue weighted by atomic mass is 15.2. The topological polar surface area (TPSA) is 27.0 Å². The summed E-state index contributed by atoms with van der Waals surface area (Å²) < 4.78 is 0. The van der Waals surface area contributed by atoms with Crippen molar-refractivity contribution in [2.45, 2.75) is 57.4 Å². The van der Waals surface area contributed by atoms with Crippen LogP contribution in [0, 0.1) is 22.7 Å². The Kier molecular flexibility index (Phi) is 2.67. The predicted molar refractivity (Wildman–Crippen MR) is 63.8 cm³/mol. The van der Waals surface area contributed by atoms with Crippen LogP contribution in [0.15, 0.2) is 0 Å². The van der Waals surface area contributed by atoms with Crippen LogP contribution in [-0.4, -0.2) is 24.0 Å². The van der Waals surface area contributed by atoms with Crippen molar-refractivity contribution in [3.05, 3.63) is 0 Å². The van der Waals surface area contributed by atoms with E-state index in [-0.39, 0.29) is 0 Å². The van der Waals surface area contributed by atoms with E-state index in [9.17, 15) is 0 Å². The van der Waals surface area contributed by atoms with E-state index in [0.29, 0.717) is 5.92 Å². The Morgan fingerprint density at radius 2 is 1.81 bits per heavy atom. The molecule has 1 spiro atoms. The van der Waals surface area contributed by atoms with Gasteiger partial charge in [0.05, 0.1) is 6.07 Å². The smallest absolute Gasteiger partial charge is 0.0624 e. The highest BCUT2D eigenvalue weighted by Gasteiger charge is 2.49. The Balaban J connectivity index is 1.43. The Labute approximate surface area is 98.6 Å². The maximum atomic E-state index is 8.70. The fraction of sp³-hybridized carbons (Fsp3) is 0.929. The van der Waals surface area contributed by atoms with Gasteiger partial charge in [-0.3, -0.25) is 4.90 Å². The van der Waals surface area contributed by atoms with Crippen LogP contribution in [-0.2, 0) is 0 Å². The van der Waals surface area contributed by atoms with E-state index in [4.69, 9.17) is 5.26 Å². The number of rotatable bonds is 2. The van der Waals surface area contributed by atoms with E-state index >= 15 is 0 Å². The van der Waals surface area contributed by atoms with E-state index in [1.54, 1.807) is 0 Å². The second-order valence-corrected chi connectivity index (χ2v) is 6.30. The summed E-state index contributed by atoms with van der Waals surface area (Å²) in [6, 6.07) is 3.19. The van der Waals surface area contributed by atoms with Crippen molar-refractivity contribution in [2.75, 3.05) is 13.1 Å². The van der Waals surface area contributed by atoms with Gasteiger partial charge in [-0.05, 0) is 49.9 Å². The Hall–Kier alpha value is -0.550. The van der Waals surface area contributed by atoms with Crippen molar-refractivity contribution in [2.24, 2.45) is 11.3 Å². The molecule has 2 nitrogen and oxygen atoms in total. The SMILES string of the molecule is N#CCC1CCC(N2CC3(CCC3)C2)CC1. The minimum Gasteiger partial charge on any atom is -0.299 e. The van der Waals surface area contributed by atoms with Gasteiger partial charge in [0.15, 0.2) is 0 Å². The molecule has 2 heteroatoms. The predicted octanol–water partition coefficient (Wildman–Crippen LogP) is 2.94. The van der Waals surface area contributed by atoms with Crippen LogP contribution in [0.5, 0.6) is 0 Å². The fourth-order valence-electron chi connectivity index (χ4n) is 3.91. The normalized spacial score (nSPS) is 37.4. The van der Waals surface area contributed by atoms with Gasteiger partial charge < -0.3 is 0 Å². The minimum absolute atomic E-state index is 0.709. The fourth-order valence-corrected chi connectivity index (χ4v) is 3.91. The van der Waals surface area contributed by atoms with Gasteiger partial charge in [0.2, 0.25) is 0 Å². The molecular weight excluding hydrogens is 196 g/mol. The number of hydrogen-bond acceptors (Lipinski definition) is 2. The van der Waals surface area contributed by atoms with Crippen molar-refractivity contribution in [1.82, 2.24) is 4.90 Å². The van der Waals surface area contributed by atoms with Crippen LogP contribution in [0.25, 0.3) is 0 Å². The van der Waals surface area contributed by atoms with Crippen molar-refractivity contribution in [3.8, 4) is 6.07 Å². The van der Waals surface area contributed by atoms with Gasteiger partial charge in [-0.1, -0.05) is 6.42 Å². The van der Waals surface area contributed by atoms with E-state index in [1.807, 2.05) is 0 Å². The number of hydrogen-bond donors (Lipinski definition) is 0. The molecule has 0 atom stereocenters. The van der Waals surface area contributed by atoms with Gasteiger partial charge in [-0.25, -0.2) is 0 Å². The summed E-state index contributed by atoms with van der Waals surface area (Å²) in [6.45, 7) is 2.78. The first-order valence-corrected chi connectivity index (χ1v) is 6.92. The van der Waals surface area contributed by atoms with Crippen molar-refractivity contribution < 1.29 is 0 Å². The maximum absolute atomic E-state index is 8.70. The monoisotopic (exact) mass is 218 g/mol. The lowest BCUT2D eigenvalue weighted by atomic mass is 9.62. The quantitative estimate of drug-likeness (QED) is 0.712. The molecule has 0 bridgehead atoms. The molecule has 3 rings (SSSR count). The molecule has 0 aromatic carbocycles. The lowest BCUT2D eigenvalue weighted by Gasteiger charge is -2.59. The lowest BCUT2D eigenvalue weighted by molar-refractivity contribution is -0.0914. The molecule has 16 heavy (non-hydrogen) atoms. The molecule has 0 aromatic rings. The summed E-state index contributed by atoms with van der Waals surface area (Å²) in [4.78, 5) is 2.72. The molecule has 1 saturated heterocycles. The van der Waals surface area contributed by atoms with Gasteiger partial charge in [-0.15, -0.1) is 0 Å². The second-order valence-electron chi connectivity index (χ2n) is 6.30. The highest BCUT2D eigenvalue weighted by Crippen LogP contribution is 2.50. The van der Waals surface area contributed by atoms with Crippen LogP contribution in [0.2, 0.25) is 0 Å². The molecule has 1 aliphatic heterocycles. The van der Waals surface area contributed by atoms with E-state index in [1.165, 1.54) is 58.0 Å². The molecule has 0 unspecified atom stereocenters. The van der Waals surface area contributed by atoms with Gasteiger partial charge >= 0.3 is 0 Å². The third kappa shape index (κ3) is 1.76. The standard InChI is InChI=1S/C14H22N2/c15-9-6-12-2-4-13(5-3-12)16-10-14(11-16)7-1-8-14/h12-13H,1-8,10-11H2. The zero-order valence-corrected chi connectivity index (χ0v) is 10.1. The Bertz CT molecular complexity index is 284. The summed E-state index contributed by atoms with van der Waals surface area (Å²) in [5.74, 6) is 0.709. The molecule has 3 aliphatic rings. The molecule has 1 heterocycles. The first kappa shape index (κ1) is 10.6. The molecule has 0 amide bonds. The molecule has 2 saturated carbocycles. The molecule has 0 radical (unpaired) electrons. The average molecular weight is 218 g/mol. The van der Waals surface area contributed by atoms with E-state index in [0.717, 1.165) is 17.9 Å². The second kappa shape index (κ2) is 4.04. The third-order valence-electron chi connectivity index (χ3n) is 5.20. The van der Waals surface area contributed by atoms with Gasteiger partial charge in [0, 0.05) is 25.6 Å². The van der Waals surface area contributed by atoms with Crippen LogP contribution in [0.4, 0.5) is 0 Å². The van der Waals surface area contributed by atoms with E-state index < -0.39 is 0 Å². The summed E-state index contributed by atoms with van der Waals surface area (Å²) in [5.41, 5.74) is 0.781. The van der Waals surface area contributed by atoms with Crippen LogP contribution in [0.1, 0.15) is 51.4 Å². The van der Waals surface area contributed by atoms with Crippen molar-refractivity contribution in [3.63, 3.8) is 0 Å². The van der Waals surface area contributed by atoms with Gasteiger partial charge in [0.1, 0.15) is 0 Å². The highest BCUT2D eigenvalue weighted by molar-refractivity contribution is 5.02. The molecular formula is C14H22N2. The van der Waals surface area contributed by atoms with Gasteiger partial charge in [0.25, 0.3) is 0 Å². The maximum Gasteiger partial charge on any atom is 0.0624 e. The van der Waals surface area contributed by atoms with E-state index in [2.05, 4.69) is 11.0 Å². The minimum atomic E-state index is 0.709. The van der Waals surface area contributed by atoms with Gasteiger partial charge in [-0.2, -0.15) is 5.26 Å². The average Bonchev–Trinajstić information content (AvgIpc) is 2.16. The molecule has 3 fully saturated rings. The van der Waals surface area contributed by atoms with Crippen molar-refractivity contribution >= 4 is 0 Å². The third-order valence-corrected chi connectivity index (χ3v) is 5.20. The summed E-state index contributed by atoms with van der Waals surface area (Å²) >= 11 is 0. The lowest BCUT2D eigenvalue weighted by Crippen LogP contribution is -2.62. The zero-order chi connectivity index (χ0) is 11.0. The Morgan fingerprint density at radius 3 is 2.31 bits per heavy atom. The van der Waals surface area contributed by atoms with Crippen LogP contribution in [0.3, 0.4) is 0 Å². The molecule has 2 aliphatic carbocycles. The number of nitriles is 1. The summed E-state index contributed by atoms with van der Waals surface area (Å²) in [7, 11) is 0.